The molecule has 1 aromatic heterocycles. The molecule has 0 aliphatic carbocycles. The van der Waals surface area contributed by atoms with Crippen molar-refractivity contribution in [3.8, 4) is 5.75 Å². The molecule has 41 heavy (non-hydrogen) atoms. The van der Waals surface area contributed by atoms with Crippen LogP contribution in [0.4, 0.5) is 0 Å². The van der Waals surface area contributed by atoms with Gasteiger partial charge in [-0.1, -0.05) is 36.9 Å². The average molecular weight is 566 g/mol. The standard InChI is InChI=1S/C29H36N4O5.CH3NO/c1-19(30-6)12-13-22(17-34)32-28(36)24-14-23(37-18-21-10-8-7-9-11-21)15-25-27(24)31-20(2)33(25)16-26(35)38-29(3,4)5;2-1-3/h7-11,14-15,17,22,30H,1,12-13,16,18H2,2-6H3,(H,32,36);1H,(H2,2,3). The van der Waals surface area contributed by atoms with Crippen molar-refractivity contribution in [1.29, 1.82) is 0 Å². The Balaban J connectivity index is 0.00000187. The van der Waals surface area contributed by atoms with Crippen LogP contribution in [-0.4, -0.2) is 52.8 Å². The molecule has 0 radical (unpaired) electrons. The van der Waals surface area contributed by atoms with Gasteiger partial charge in [-0.05, 0) is 52.2 Å². The summed E-state index contributed by atoms with van der Waals surface area (Å²) < 4.78 is 13.2. The second kappa shape index (κ2) is 15.2. The predicted octanol–water partition coefficient (Wildman–Crippen LogP) is 3.18. The molecular formula is C30H39N5O6. The Bertz CT molecular complexity index is 1360. The van der Waals surface area contributed by atoms with Crippen molar-refractivity contribution in [2.45, 2.75) is 65.3 Å². The van der Waals surface area contributed by atoms with Gasteiger partial charge < -0.3 is 35.2 Å². The lowest BCUT2D eigenvalue weighted by Crippen LogP contribution is -2.36. The molecule has 2 aromatic carbocycles. The molecule has 220 valence electrons. The molecule has 3 aromatic rings. The van der Waals surface area contributed by atoms with Crippen LogP contribution in [0.1, 0.15) is 55.4 Å². The van der Waals surface area contributed by atoms with E-state index >= 15 is 0 Å². The van der Waals surface area contributed by atoms with E-state index in [2.05, 4.69) is 27.9 Å². The van der Waals surface area contributed by atoms with E-state index in [9.17, 15) is 14.4 Å². The van der Waals surface area contributed by atoms with Gasteiger partial charge in [0.2, 0.25) is 6.41 Å². The Morgan fingerprint density at radius 1 is 1.17 bits per heavy atom. The molecule has 11 heteroatoms. The Morgan fingerprint density at radius 2 is 1.83 bits per heavy atom. The molecule has 0 spiro atoms. The van der Waals surface area contributed by atoms with Crippen LogP contribution in [0.15, 0.2) is 54.7 Å². The third kappa shape index (κ3) is 10.1. The molecule has 3 rings (SSSR count). The highest BCUT2D eigenvalue weighted by atomic mass is 16.6. The number of nitrogens with zero attached hydrogens (tertiary/aromatic N) is 2. The SMILES string of the molecule is C=C(CCC(C=O)NC(=O)c1cc(OCc2ccccc2)cc2c1nc(C)n2CC(=O)OC(C)(C)C)NC.NC=O. The van der Waals surface area contributed by atoms with E-state index in [0.717, 1.165) is 11.3 Å². The van der Waals surface area contributed by atoms with Crippen molar-refractivity contribution >= 4 is 35.6 Å². The Morgan fingerprint density at radius 3 is 2.41 bits per heavy atom. The lowest BCUT2D eigenvalue weighted by Gasteiger charge is -2.20. The van der Waals surface area contributed by atoms with Crippen molar-refractivity contribution in [2.75, 3.05) is 7.05 Å². The molecule has 0 aliphatic heterocycles. The van der Waals surface area contributed by atoms with Crippen molar-refractivity contribution in [3.63, 3.8) is 0 Å². The number of hydrogen-bond acceptors (Lipinski definition) is 8. The number of ether oxygens (including phenoxy) is 2. The van der Waals surface area contributed by atoms with Gasteiger partial charge >= 0.3 is 5.97 Å². The molecule has 1 unspecified atom stereocenters. The number of benzene rings is 2. The predicted molar refractivity (Wildman–Crippen MR) is 156 cm³/mol. The Hall–Kier alpha value is -4.67. The van der Waals surface area contributed by atoms with Gasteiger partial charge in [0, 0.05) is 18.8 Å². The number of fused-ring (bicyclic) bond motifs is 1. The maximum atomic E-state index is 13.4. The molecule has 0 bridgehead atoms. The molecule has 0 fully saturated rings. The summed E-state index contributed by atoms with van der Waals surface area (Å²) in [4.78, 5) is 50.9. The summed E-state index contributed by atoms with van der Waals surface area (Å²) in [6.07, 6.45) is 1.88. The number of aromatic nitrogens is 2. The van der Waals surface area contributed by atoms with Gasteiger partial charge in [0.05, 0.1) is 17.1 Å². The van der Waals surface area contributed by atoms with Gasteiger partial charge in [-0.15, -0.1) is 0 Å². The van der Waals surface area contributed by atoms with Crippen LogP contribution >= 0.6 is 0 Å². The van der Waals surface area contributed by atoms with E-state index in [1.54, 1.807) is 51.4 Å². The third-order valence-electron chi connectivity index (χ3n) is 5.81. The summed E-state index contributed by atoms with van der Waals surface area (Å²) in [6.45, 7) is 11.2. The molecular weight excluding hydrogens is 526 g/mol. The van der Waals surface area contributed by atoms with Crippen molar-refractivity contribution in [1.82, 2.24) is 20.2 Å². The highest BCUT2D eigenvalue weighted by molar-refractivity contribution is 6.06. The minimum Gasteiger partial charge on any atom is -0.489 e. The summed E-state index contributed by atoms with van der Waals surface area (Å²) in [5, 5.41) is 5.72. The normalized spacial score (nSPS) is 11.4. The fourth-order valence-corrected chi connectivity index (χ4v) is 3.89. The summed E-state index contributed by atoms with van der Waals surface area (Å²) in [7, 11) is 1.75. The molecule has 4 N–H and O–H groups in total. The number of primary amides is 1. The fourth-order valence-electron chi connectivity index (χ4n) is 3.89. The zero-order valence-electron chi connectivity index (χ0n) is 24.2. The first-order valence-corrected chi connectivity index (χ1v) is 13.1. The molecule has 1 heterocycles. The third-order valence-corrected chi connectivity index (χ3v) is 5.81. The number of hydrogen-bond donors (Lipinski definition) is 3. The highest BCUT2D eigenvalue weighted by Crippen LogP contribution is 2.28. The van der Waals surface area contributed by atoms with Crippen molar-refractivity contribution in [3.05, 3.63) is 71.7 Å². The first kappa shape index (κ1) is 32.5. The van der Waals surface area contributed by atoms with Crippen LogP contribution in [0.2, 0.25) is 0 Å². The van der Waals surface area contributed by atoms with E-state index in [1.807, 2.05) is 30.3 Å². The number of nitrogens with two attached hydrogens (primary N) is 1. The van der Waals surface area contributed by atoms with Gasteiger partial charge in [0.15, 0.2) is 0 Å². The molecule has 2 amide bonds. The summed E-state index contributed by atoms with van der Waals surface area (Å²) >= 11 is 0. The molecule has 0 saturated carbocycles. The fraction of sp³-hybridized carbons (Fsp3) is 0.367. The molecule has 0 saturated heterocycles. The van der Waals surface area contributed by atoms with Gasteiger partial charge in [-0.25, -0.2) is 4.98 Å². The van der Waals surface area contributed by atoms with E-state index in [0.29, 0.717) is 41.7 Å². The van der Waals surface area contributed by atoms with Crippen LogP contribution in [0.25, 0.3) is 11.0 Å². The monoisotopic (exact) mass is 565 g/mol. The van der Waals surface area contributed by atoms with E-state index in [1.165, 1.54) is 0 Å². The van der Waals surface area contributed by atoms with Gasteiger partial charge in [0.25, 0.3) is 5.91 Å². The van der Waals surface area contributed by atoms with Crippen LogP contribution in [0.3, 0.4) is 0 Å². The number of imidazole rings is 1. The first-order valence-electron chi connectivity index (χ1n) is 13.1. The van der Waals surface area contributed by atoms with E-state index in [-0.39, 0.29) is 25.1 Å². The van der Waals surface area contributed by atoms with Crippen LogP contribution in [-0.2, 0) is 32.3 Å². The van der Waals surface area contributed by atoms with Crippen LogP contribution in [0.5, 0.6) is 5.75 Å². The van der Waals surface area contributed by atoms with E-state index in [4.69, 9.17) is 14.3 Å². The zero-order chi connectivity index (χ0) is 30.6. The molecule has 11 nitrogen and oxygen atoms in total. The maximum absolute atomic E-state index is 13.4. The second-order valence-corrected chi connectivity index (χ2v) is 10.2. The van der Waals surface area contributed by atoms with Gasteiger partial charge in [-0.2, -0.15) is 0 Å². The number of carbonyl (C=O) groups excluding carboxylic acids is 4. The minimum absolute atomic E-state index is 0.0775. The van der Waals surface area contributed by atoms with Crippen LogP contribution < -0.4 is 21.1 Å². The summed E-state index contributed by atoms with van der Waals surface area (Å²) in [5.74, 6) is 0.0852. The minimum atomic E-state index is -0.707. The number of carbonyl (C=O) groups is 4. The number of allylic oxidation sites excluding steroid dienone is 1. The second-order valence-electron chi connectivity index (χ2n) is 10.2. The average Bonchev–Trinajstić information content (AvgIpc) is 3.23. The Labute approximate surface area is 240 Å². The Kier molecular flexibility index (Phi) is 12.1. The van der Waals surface area contributed by atoms with Gasteiger partial charge in [0.1, 0.15) is 42.1 Å². The number of esters is 1. The number of aldehydes is 1. The van der Waals surface area contributed by atoms with Crippen LogP contribution in [0, 0.1) is 6.92 Å². The van der Waals surface area contributed by atoms with Crippen molar-refractivity contribution in [2.24, 2.45) is 5.73 Å². The first-order chi connectivity index (χ1) is 19.4. The highest BCUT2D eigenvalue weighted by Gasteiger charge is 2.23. The lowest BCUT2D eigenvalue weighted by molar-refractivity contribution is -0.155. The number of rotatable bonds is 12. The quantitative estimate of drug-likeness (QED) is 0.223. The number of amides is 2. The number of aryl methyl sites for hydroxylation is 1. The van der Waals surface area contributed by atoms with Crippen molar-refractivity contribution < 1.29 is 28.7 Å². The molecule has 0 aliphatic rings. The summed E-state index contributed by atoms with van der Waals surface area (Å²) in [5.41, 5.74) is 6.45. The van der Waals surface area contributed by atoms with E-state index < -0.39 is 23.5 Å². The zero-order valence-corrected chi connectivity index (χ0v) is 24.2. The number of nitrogens with one attached hydrogen (secondary N) is 2. The lowest BCUT2D eigenvalue weighted by atomic mass is 10.1. The topological polar surface area (TPSA) is 155 Å². The largest absolute Gasteiger partial charge is 0.489 e. The van der Waals surface area contributed by atoms with Gasteiger partial charge in [-0.3, -0.25) is 14.4 Å². The smallest absolute Gasteiger partial charge is 0.326 e. The maximum Gasteiger partial charge on any atom is 0.326 e. The molecule has 1 atom stereocenters. The summed E-state index contributed by atoms with van der Waals surface area (Å²) in [6, 6.07) is 12.3.